The Morgan fingerprint density at radius 2 is 2.12 bits per heavy atom. The number of aromatic nitrogens is 1. The minimum absolute atomic E-state index is 0.00262. The van der Waals surface area contributed by atoms with Gasteiger partial charge in [0.2, 0.25) is 12.7 Å². The summed E-state index contributed by atoms with van der Waals surface area (Å²) in [4.78, 5) is 32.3. The second-order valence-corrected chi connectivity index (χ2v) is 7.00. The molecule has 0 saturated carbocycles. The van der Waals surface area contributed by atoms with Gasteiger partial charge in [0.1, 0.15) is 17.2 Å². The monoisotopic (exact) mass is 359 g/mol. The highest BCUT2D eigenvalue weighted by Crippen LogP contribution is 2.36. The van der Waals surface area contributed by atoms with Gasteiger partial charge in [-0.15, -0.1) is 11.3 Å². The summed E-state index contributed by atoms with van der Waals surface area (Å²) in [5.41, 5.74) is 1.23. The lowest BCUT2D eigenvalue weighted by atomic mass is 10.2. The van der Waals surface area contributed by atoms with Crippen LogP contribution in [-0.4, -0.2) is 59.6 Å². The highest BCUT2D eigenvalue weighted by molar-refractivity contribution is 7.13. The van der Waals surface area contributed by atoms with Crippen LogP contribution in [0.25, 0.3) is 10.6 Å². The summed E-state index contributed by atoms with van der Waals surface area (Å²) < 4.78 is 10.7. The first kappa shape index (κ1) is 15.9. The van der Waals surface area contributed by atoms with E-state index in [1.807, 2.05) is 25.1 Å². The molecule has 0 bridgehead atoms. The average Bonchev–Trinajstić information content (AvgIpc) is 3.26. The van der Waals surface area contributed by atoms with Gasteiger partial charge in [0.15, 0.2) is 11.5 Å². The highest BCUT2D eigenvalue weighted by atomic mass is 32.1. The summed E-state index contributed by atoms with van der Waals surface area (Å²) in [6.45, 7) is 2.75. The van der Waals surface area contributed by atoms with Crippen LogP contribution in [0, 0.1) is 0 Å². The number of amides is 2. The molecule has 1 aromatic carbocycles. The van der Waals surface area contributed by atoms with E-state index < -0.39 is 0 Å². The quantitative estimate of drug-likeness (QED) is 0.818. The van der Waals surface area contributed by atoms with E-state index in [-0.39, 0.29) is 31.2 Å². The zero-order valence-electron chi connectivity index (χ0n) is 13.9. The minimum atomic E-state index is -0.212. The molecule has 1 aromatic heterocycles. The van der Waals surface area contributed by atoms with Crippen molar-refractivity contribution in [3.8, 4) is 22.1 Å². The molecule has 1 fully saturated rings. The number of thiazole rings is 1. The van der Waals surface area contributed by atoms with Crippen LogP contribution in [0.1, 0.15) is 17.4 Å². The van der Waals surface area contributed by atoms with Crippen molar-refractivity contribution in [2.24, 2.45) is 0 Å². The Hall–Kier alpha value is -2.61. The lowest BCUT2D eigenvalue weighted by Crippen LogP contribution is -2.55. The summed E-state index contributed by atoms with van der Waals surface area (Å²) >= 11 is 1.39. The lowest BCUT2D eigenvalue weighted by Gasteiger charge is -2.36. The van der Waals surface area contributed by atoms with Crippen LogP contribution in [-0.2, 0) is 4.79 Å². The topological polar surface area (TPSA) is 72.0 Å². The van der Waals surface area contributed by atoms with E-state index >= 15 is 0 Å². The molecule has 1 atom stereocenters. The van der Waals surface area contributed by atoms with E-state index in [9.17, 15) is 9.59 Å². The fraction of sp³-hybridized carbons (Fsp3) is 0.353. The molecule has 0 aliphatic carbocycles. The molecule has 1 saturated heterocycles. The number of rotatable bonds is 2. The highest BCUT2D eigenvalue weighted by Gasteiger charge is 2.31. The normalized spacial score (nSPS) is 19.4. The van der Waals surface area contributed by atoms with Crippen molar-refractivity contribution < 1.29 is 19.1 Å². The van der Waals surface area contributed by atoms with Gasteiger partial charge in [-0.25, -0.2) is 4.98 Å². The lowest BCUT2D eigenvalue weighted by molar-refractivity contribution is -0.136. The van der Waals surface area contributed by atoms with Gasteiger partial charge in [-0.2, -0.15) is 0 Å². The number of hydrogen-bond acceptors (Lipinski definition) is 6. The third-order valence-electron chi connectivity index (χ3n) is 4.50. The molecule has 8 heteroatoms. The Labute approximate surface area is 148 Å². The number of piperazine rings is 1. The standard InChI is InChI=1S/C17H17N3O4S/c1-10-6-20(7-15(21)19(10)2)17(22)12-8-25-16(18-12)11-3-4-13-14(5-11)24-9-23-13/h3-5,8,10H,6-7,9H2,1-2H3. The Kier molecular flexibility index (Phi) is 3.84. The van der Waals surface area contributed by atoms with Crippen molar-refractivity contribution in [1.29, 1.82) is 0 Å². The van der Waals surface area contributed by atoms with Crippen molar-refractivity contribution in [3.05, 3.63) is 29.3 Å². The fourth-order valence-electron chi connectivity index (χ4n) is 2.88. The molecule has 2 aliphatic rings. The van der Waals surface area contributed by atoms with Gasteiger partial charge in [0, 0.05) is 30.6 Å². The minimum Gasteiger partial charge on any atom is -0.454 e. The van der Waals surface area contributed by atoms with Crippen LogP contribution in [0.15, 0.2) is 23.6 Å². The van der Waals surface area contributed by atoms with Crippen LogP contribution in [0.3, 0.4) is 0 Å². The Bertz CT molecular complexity index is 850. The molecule has 25 heavy (non-hydrogen) atoms. The van der Waals surface area contributed by atoms with E-state index in [0.29, 0.717) is 23.7 Å². The fourth-order valence-corrected chi connectivity index (χ4v) is 3.67. The molecule has 1 unspecified atom stereocenters. The van der Waals surface area contributed by atoms with Gasteiger partial charge in [-0.05, 0) is 25.1 Å². The summed E-state index contributed by atoms with van der Waals surface area (Å²) in [5.74, 6) is 1.12. The number of ether oxygens (including phenoxy) is 2. The zero-order valence-corrected chi connectivity index (χ0v) is 14.7. The smallest absolute Gasteiger partial charge is 0.273 e. The average molecular weight is 359 g/mol. The predicted octanol–water partition coefficient (Wildman–Crippen LogP) is 1.84. The Balaban J connectivity index is 1.55. The van der Waals surface area contributed by atoms with Gasteiger partial charge in [-0.1, -0.05) is 0 Å². The maximum atomic E-state index is 12.7. The molecule has 2 amide bonds. The molecule has 0 N–H and O–H groups in total. The molecule has 2 aliphatic heterocycles. The van der Waals surface area contributed by atoms with Crippen LogP contribution < -0.4 is 9.47 Å². The van der Waals surface area contributed by atoms with Gasteiger partial charge in [0.05, 0.1) is 0 Å². The summed E-state index contributed by atoms with van der Waals surface area (Å²) in [6, 6.07) is 5.58. The maximum absolute atomic E-state index is 12.7. The largest absolute Gasteiger partial charge is 0.454 e. The molecule has 2 aromatic rings. The van der Waals surface area contributed by atoms with Crippen LogP contribution in [0.5, 0.6) is 11.5 Å². The number of likely N-dealkylation sites (N-methyl/N-ethyl adjacent to an activating group) is 1. The Morgan fingerprint density at radius 3 is 2.92 bits per heavy atom. The van der Waals surface area contributed by atoms with Crippen LogP contribution in [0.4, 0.5) is 0 Å². The number of carbonyl (C=O) groups is 2. The van der Waals surface area contributed by atoms with Crippen molar-refractivity contribution in [2.75, 3.05) is 26.9 Å². The first-order valence-electron chi connectivity index (χ1n) is 7.93. The Morgan fingerprint density at radius 1 is 1.32 bits per heavy atom. The molecule has 130 valence electrons. The van der Waals surface area contributed by atoms with Crippen molar-refractivity contribution in [1.82, 2.24) is 14.8 Å². The van der Waals surface area contributed by atoms with Gasteiger partial charge >= 0.3 is 0 Å². The number of nitrogens with zero attached hydrogens (tertiary/aromatic N) is 3. The molecular formula is C17H17N3O4S. The second-order valence-electron chi connectivity index (χ2n) is 6.15. The number of fused-ring (bicyclic) bond motifs is 1. The van der Waals surface area contributed by atoms with Gasteiger partial charge in [0.25, 0.3) is 5.91 Å². The summed E-state index contributed by atoms with van der Waals surface area (Å²) in [5, 5.41) is 2.46. The van der Waals surface area contributed by atoms with E-state index in [0.717, 1.165) is 10.6 Å². The van der Waals surface area contributed by atoms with Gasteiger partial charge in [-0.3, -0.25) is 9.59 Å². The first-order chi connectivity index (χ1) is 12.0. The third-order valence-corrected chi connectivity index (χ3v) is 5.39. The van der Waals surface area contributed by atoms with E-state index in [1.54, 1.807) is 22.2 Å². The molecule has 3 heterocycles. The summed E-state index contributed by atoms with van der Waals surface area (Å²) in [7, 11) is 1.76. The maximum Gasteiger partial charge on any atom is 0.273 e. The van der Waals surface area contributed by atoms with E-state index in [2.05, 4.69) is 4.98 Å². The second kappa shape index (κ2) is 6.03. The predicted molar refractivity (Wildman–Crippen MR) is 91.8 cm³/mol. The molecule has 0 radical (unpaired) electrons. The number of hydrogen-bond donors (Lipinski definition) is 0. The molecule has 7 nitrogen and oxygen atoms in total. The first-order valence-corrected chi connectivity index (χ1v) is 8.81. The number of carbonyl (C=O) groups excluding carboxylic acids is 2. The van der Waals surface area contributed by atoms with E-state index in [1.165, 1.54) is 11.3 Å². The van der Waals surface area contributed by atoms with E-state index in [4.69, 9.17) is 9.47 Å². The van der Waals surface area contributed by atoms with Crippen LogP contribution in [0.2, 0.25) is 0 Å². The van der Waals surface area contributed by atoms with Gasteiger partial charge < -0.3 is 19.3 Å². The molecular weight excluding hydrogens is 342 g/mol. The van der Waals surface area contributed by atoms with Crippen molar-refractivity contribution in [2.45, 2.75) is 13.0 Å². The number of benzene rings is 1. The summed E-state index contributed by atoms with van der Waals surface area (Å²) in [6.07, 6.45) is 0. The SMILES string of the molecule is CC1CN(C(=O)c2csc(-c3ccc4c(c3)OCO4)n2)CC(=O)N1C. The molecule has 4 rings (SSSR count). The zero-order chi connectivity index (χ0) is 17.6. The van der Waals surface area contributed by atoms with Crippen LogP contribution >= 0.6 is 11.3 Å². The van der Waals surface area contributed by atoms with Crippen molar-refractivity contribution in [3.63, 3.8) is 0 Å². The van der Waals surface area contributed by atoms with Crippen molar-refractivity contribution >= 4 is 23.2 Å². The molecule has 0 spiro atoms. The third kappa shape index (κ3) is 2.82.